The third-order valence-corrected chi connectivity index (χ3v) is 3.97. The van der Waals surface area contributed by atoms with Crippen LogP contribution < -0.4 is 14.4 Å². The van der Waals surface area contributed by atoms with Crippen LogP contribution in [-0.4, -0.2) is 30.0 Å². The van der Waals surface area contributed by atoms with Crippen LogP contribution in [0.5, 0.6) is 17.2 Å². The molecule has 27 heavy (non-hydrogen) atoms. The highest BCUT2D eigenvalue weighted by atomic mass is 16.5. The van der Waals surface area contributed by atoms with Crippen molar-refractivity contribution in [2.45, 2.75) is 13.3 Å². The van der Waals surface area contributed by atoms with Gasteiger partial charge in [0.15, 0.2) is 11.5 Å². The first-order valence-corrected chi connectivity index (χ1v) is 8.12. The highest BCUT2D eigenvalue weighted by Gasteiger charge is 2.35. The quantitative estimate of drug-likeness (QED) is 0.386. The Morgan fingerprint density at radius 2 is 1.85 bits per heavy atom. The van der Waals surface area contributed by atoms with Gasteiger partial charge < -0.3 is 14.6 Å². The number of aromatic hydroxyl groups is 1. The van der Waals surface area contributed by atoms with Crippen molar-refractivity contribution in [3.05, 3.63) is 53.6 Å². The molecule has 0 atom stereocenters. The molecule has 2 amide bonds. The van der Waals surface area contributed by atoms with Crippen LogP contribution >= 0.6 is 0 Å². The molecule has 2 aromatic carbocycles. The number of benzene rings is 2. The third-order valence-electron chi connectivity index (χ3n) is 3.97. The number of nitrogens with zero attached hydrogens (tertiary/aromatic N) is 1. The van der Waals surface area contributed by atoms with Gasteiger partial charge in [-0.05, 0) is 48.0 Å². The lowest BCUT2D eigenvalue weighted by atomic mass is 10.1. The van der Waals surface area contributed by atoms with E-state index in [1.165, 1.54) is 32.2 Å². The average Bonchev–Trinajstić information content (AvgIpc) is 2.90. The zero-order chi connectivity index (χ0) is 19.6. The maximum atomic E-state index is 12.7. The molecule has 0 aliphatic carbocycles. The molecule has 0 radical (unpaired) electrons. The van der Waals surface area contributed by atoms with Gasteiger partial charge in [-0.1, -0.05) is 6.07 Å². The Kier molecular flexibility index (Phi) is 4.94. The second kappa shape index (κ2) is 7.33. The van der Waals surface area contributed by atoms with Crippen LogP contribution in [0.2, 0.25) is 0 Å². The van der Waals surface area contributed by atoms with Gasteiger partial charge >= 0.3 is 5.97 Å². The Labute approximate surface area is 155 Å². The summed E-state index contributed by atoms with van der Waals surface area (Å²) in [6, 6.07) is 10.8. The number of amides is 2. The molecule has 1 saturated heterocycles. The van der Waals surface area contributed by atoms with E-state index < -0.39 is 11.9 Å². The molecule has 0 spiro atoms. The summed E-state index contributed by atoms with van der Waals surface area (Å²) < 4.78 is 10.00. The van der Waals surface area contributed by atoms with Gasteiger partial charge in [-0.15, -0.1) is 0 Å². The van der Waals surface area contributed by atoms with Crippen molar-refractivity contribution in [3.63, 3.8) is 0 Å². The SMILES string of the molecule is COc1cc(/C=C2\CC(=O)N(c3ccc(OC(C)=O)cc3)C2=O)ccc1O. The summed E-state index contributed by atoms with van der Waals surface area (Å²) in [5.41, 5.74) is 1.36. The fraction of sp³-hybridized carbons (Fsp3) is 0.150. The second-order valence-electron chi connectivity index (χ2n) is 5.90. The Balaban J connectivity index is 1.85. The molecule has 1 heterocycles. The number of esters is 1. The Bertz CT molecular complexity index is 945. The predicted molar refractivity (Wildman–Crippen MR) is 97.5 cm³/mol. The monoisotopic (exact) mass is 367 g/mol. The number of carbonyl (C=O) groups excluding carboxylic acids is 3. The Hall–Kier alpha value is -3.61. The van der Waals surface area contributed by atoms with E-state index >= 15 is 0 Å². The lowest BCUT2D eigenvalue weighted by Gasteiger charge is -2.14. The number of anilines is 1. The van der Waals surface area contributed by atoms with Gasteiger partial charge in [-0.25, -0.2) is 4.90 Å². The van der Waals surface area contributed by atoms with Crippen LogP contribution in [0.4, 0.5) is 5.69 Å². The van der Waals surface area contributed by atoms with Crippen molar-refractivity contribution in [2.75, 3.05) is 12.0 Å². The molecule has 0 bridgehead atoms. The molecule has 1 aliphatic rings. The summed E-state index contributed by atoms with van der Waals surface area (Å²) in [5.74, 6) is -0.630. The fourth-order valence-electron chi connectivity index (χ4n) is 2.76. The van der Waals surface area contributed by atoms with Gasteiger partial charge in [0.1, 0.15) is 5.75 Å². The summed E-state index contributed by atoms with van der Waals surface area (Å²) in [6.07, 6.45) is 1.56. The number of methoxy groups -OCH3 is 1. The summed E-state index contributed by atoms with van der Waals surface area (Å²) in [6.45, 7) is 1.29. The Morgan fingerprint density at radius 1 is 1.15 bits per heavy atom. The van der Waals surface area contributed by atoms with Crippen LogP contribution in [0.1, 0.15) is 18.9 Å². The number of hydrogen-bond donors (Lipinski definition) is 1. The number of ether oxygens (including phenoxy) is 2. The molecule has 1 fully saturated rings. The lowest BCUT2D eigenvalue weighted by molar-refractivity contribution is -0.132. The van der Waals surface area contributed by atoms with E-state index in [-0.39, 0.29) is 23.8 Å². The second-order valence-corrected chi connectivity index (χ2v) is 5.90. The van der Waals surface area contributed by atoms with Crippen LogP contribution in [0.25, 0.3) is 6.08 Å². The van der Waals surface area contributed by atoms with E-state index in [1.807, 2.05) is 0 Å². The minimum absolute atomic E-state index is 0.0111. The van der Waals surface area contributed by atoms with Crippen molar-refractivity contribution >= 4 is 29.5 Å². The van der Waals surface area contributed by atoms with Crippen LogP contribution in [0, 0.1) is 0 Å². The summed E-state index contributed by atoms with van der Waals surface area (Å²) >= 11 is 0. The van der Waals surface area contributed by atoms with E-state index in [4.69, 9.17) is 9.47 Å². The molecule has 0 unspecified atom stereocenters. The van der Waals surface area contributed by atoms with Crippen LogP contribution in [-0.2, 0) is 14.4 Å². The molecule has 3 rings (SSSR count). The highest BCUT2D eigenvalue weighted by Crippen LogP contribution is 2.31. The molecular formula is C20H17NO6. The first-order chi connectivity index (χ1) is 12.9. The molecule has 1 aliphatic heterocycles. The maximum Gasteiger partial charge on any atom is 0.308 e. The molecule has 0 aromatic heterocycles. The maximum absolute atomic E-state index is 12.7. The molecule has 0 saturated carbocycles. The molecule has 1 N–H and O–H groups in total. The number of phenolic OH excluding ortho intramolecular Hbond substituents is 1. The molecule has 138 valence electrons. The minimum atomic E-state index is -0.453. The van der Waals surface area contributed by atoms with Gasteiger partial charge in [0.05, 0.1) is 19.2 Å². The van der Waals surface area contributed by atoms with Gasteiger partial charge in [0.25, 0.3) is 5.91 Å². The number of hydrogen-bond acceptors (Lipinski definition) is 6. The minimum Gasteiger partial charge on any atom is -0.504 e. The largest absolute Gasteiger partial charge is 0.504 e. The average molecular weight is 367 g/mol. The first kappa shape index (κ1) is 18.2. The van der Waals surface area contributed by atoms with Gasteiger partial charge in [0, 0.05) is 12.5 Å². The number of imide groups is 1. The van der Waals surface area contributed by atoms with Crippen LogP contribution in [0.15, 0.2) is 48.0 Å². The zero-order valence-corrected chi connectivity index (χ0v) is 14.8. The van der Waals surface area contributed by atoms with E-state index in [0.717, 1.165) is 4.90 Å². The van der Waals surface area contributed by atoms with E-state index in [1.54, 1.807) is 30.3 Å². The van der Waals surface area contributed by atoms with Crippen molar-refractivity contribution in [2.24, 2.45) is 0 Å². The summed E-state index contributed by atoms with van der Waals surface area (Å²) in [5, 5.41) is 9.65. The fourth-order valence-corrected chi connectivity index (χ4v) is 2.76. The van der Waals surface area contributed by atoms with E-state index in [2.05, 4.69) is 0 Å². The number of carbonyl (C=O) groups is 3. The standard InChI is InChI=1S/C20H17NO6/c1-12(22)27-16-6-4-15(5-7-16)21-19(24)11-14(20(21)25)9-13-3-8-17(23)18(10-13)26-2/h3-10,23H,11H2,1-2H3/b14-9+. The molecular weight excluding hydrogens is 350 g/mol. The van der Waals surface area contributed by atoms with Gasteiger partial charge in [-0.2, -0.15) is 0 Å². The zero-order valence-electron chi connectivity index (χ0n) is 14.8. The number of phenols is 1. The van der Waals surface area contributed by atoms with Gasteiger partial charge in [-0.3, -0.25) is 14.4 Å². The highest BCUT2D eigenvalue weighted by molar-refractivity contribution is 6.29. The van der Waals surface area contributed by atoms with E-state index in [9.17, 15) is 19.5 Å². The van der Waals surface area contributed by atoms with E-state index in [0.29, 0.717) is 22.6 Å². The first-order valence-electron chi connectivity index (χ1n) is 8.12. The lowest BCUT2D eigenvalue weighted by Crippen LogP contribution is -2.28. The van der Waals surface area contributed by atoms with Crippen molar-refractivity contribution in [1.29, 1.82) is 0 Å². The smallest absolute Gasteiger partial charge is 0.308 e. The normalized spacial score (nSPS) is 15.3. The van der Waals surface area contributed by atoms with Crippen molar-refractivity contribution in [3.8, 4) is 17.2 Å². The number of rotatable bonds is 4. The predicted octanol–water partition coefficient (Wildman–Crippen LogP) is 2.67. The topological polar surface area (TPSA) is 93.1 Å². The van der Waals surface area contributed by atoms with Gasteiger partial charge in [0.2, 0.25) is 5.91 Å². The van der Waals surface area contributed by atoms with Crippen molar-refractivity contribution < 1.29 is 29.0 Å². The summed E-state index contributed by atoms with van der Waals surface area (Å²) in [7, 11) is 1.43. The molecule has 7 nitrogen and oxygen atoms in total. The molecule has 2 aromatic rings. The summed E-state index contributed by atoms with van der Waals surface area (Å²) in [4.78, 5) is 37.1. The van der Waals surface area contributed by atoms with Crippen molar-refractivity contribution in [1.82, 2.24) is 0 Å². The van der Waals surface area contributed by atoms with Crippen LogP contribution in [0.3, 0.4) is 0 Å². The molecule has 7 heteroatoms. The Morgan fingerprint density at radius 3 is 2.48 bits per heavy atom. The third kappa shape index (κ3) is 3.82.